The zero-order valence-electron chi connectivity index (χ0n) is 10.8. The van der Waals surface area contributed by atoms with Gasteiger partial charge >= 0.3 is 0 Å². The van der Waals surface area contributed by atoms with Crippen LogP contribution in [0.25, 0.3) is 0 Å². The molecule has 0 aliphatic heterocycles. The fraction of sp³-hybridized carbons (Fsp3) is 0.500. The highest BCUT2D eigenvalue weighted by molar-refractivity contribution is 7.78. The van der Waals surface area contributed by atoms with Gasteiger partial charge in [0.15, 0.2) is 0 Å². The highest BCUT2D eigenvalue weighted by Gasteiger charge is 1.97. The third kappa shape index (κ3) is 9.68. The maximum atomic E-state index is 11.0. The van der Waals surface area contributed by atoms with E-state index in [9.17, 15) is 4.21 Å². The van der Waals surface area contributed by atoms with Gasteiger partial charge in [-0.1, -0.05) is 52.8 Å². The van der Waals surface area contributed by atoms with E-state index in [0.717, 1.165) is 0 Å². The molecule has 16 heavy (non-hydrogen) atoms. The molecule has 0 heterocycles. The Kier molecular flexibility index (Phi) is 15.5. The summed E-state index contributed by atoms with van der Waals surface area (Å²) in [6.45, 7) is 10.5. The molecule has 0 radical (unpaired) electrons. The Morgan fingerprint density at radius 3 is 2.06 bits per heavy atom. The van der Waals surface area contributed by atoms with Crippen LogP contribution in [0.2, 0.25) is 0 Å². The first-order chi connectivity index (χ1) is 7.83. The zero-order valence-corrected chi connectivity index (χ0v) is 11.6. The molecular formula is C12H23NO2S. The van der Waals surface area contributed by atoms with E-state index >= 15 is 0 Å². The van der Waals surface area contributed by atoms with Crippen molar-refractivity contribution in [1.82, 2.24) is 4.72 Å². The smallest absolute Gasteiger partial charge is 0.287 e. The van der Waals surface area contributed by atoms with Crippen molar-refractivity contribution in [3.63, 3.8) is 0 Å². The summed E-state index contributed by atoms with van der Waals surface area (Å²) in [7, 11) is 0. The van der Waals surface area contributed by atoms with Crippen molar-refractivity contribution in [2.45, 2.75) is 34.6 Å². The Hall–Kier alpha value is -0.870. The summed E-state index contributed by atoms with van der Waals surface area (Å²) < 4.78 is 18.7. The minimum atomic E-state index is -1.42. The SMILES string of the molecule is CC.CC.CCNS(=O)Oc1ccccc1. The van der Waals surface area contributed by atoms with E-state index in [0.29, 0.717) is 12.3 Å². The topological polar surface area (TPSA) is 38.3 Å². The number of para-hydroxylation sites is 1. The van der Waals surface area contributed by atoms with E-state index in [2.05, 4.69) is 4.72 Å². The largest absolute Gasteiger partial charge is 0.389 e. The Balaban J connectivity index is 0. The average Bonchev–Trinajstić information content (AvgIpc) is 2.36. The van der Waals surface area contributed by atoms with Crippen molar-refractivity contribution in [2.75, 3.05) is 6.54 Å². The Morgan fingerprint density at radius 1 is 1.12 bits per heavy atom. The maximum Gasteiger partial charge on any atom is 0.287 e. The lowest BCUT2D eigenvalue weighted by atomic mass is 10.3. The third-order valence-corrected chi connectivity index (χ3v) is 2.05. The summed E-state index contributed by atoms with van der Waals surface area (Å²) in [6.07, 6.45) is 0. The minimum absolute atomic E-state index is 0.608. The number of nitrogens with one attached hydrogen (secondary N) is 1. The van der Waals surface area contributed by atoms with Crippen molar-refractivity contribution in [3.8, 4) is 5.75 Å². The Labute approximate surface area is 102 Å². The predicted molar refractivity (Wildman–Crippen MR) is 71.6 cm³/mol. The number of hydrogen-bond acceptors (Lipinski definition) is 2. The molecule has 1 atom stereocenters. The fourth-order valence-electron chi connectivity index (χ4n) is 0.711. The van der Waals surface area contributed by atoms with Crippen molar-refractivity contribution < 1.29 is 8.39 Å². The molecule has 94 valence electrons. The first kappa shape index (κ1) is 17.5. The van der Waals surface area contributed by atoms with Crippen LogP contribution in [-0.2, 0) is 11.3 Å². The van der Waals surface area contributed by atoms with Gasteiger partial charge in [-0.25, -0.2) is 4.72 Å². The van der Waals surface area contributed by atoms with Crippen LogP contribution in [-0.4, -0.2) is 10.8 Å². The van der Waals surface area contributed by atoms with Gasteiger partial charge in [0.2, 0.25) is 0 Å². The van der Waals surface area contributed by atoms with Crippen molar-refractivity contribution in [3.05, 3.63) is 30.3 Å². The zero-order chi connectivity index (χ0) is 12.8. The molecule has 0 aliphatic carbocycles. The molecule has 0 amide bonds. The summed E-state index contributed by atoms with van der Waals surface area (Å²) in [4.78, 5) is 0. The molecular weight excluding hydrogens is 222 g/mol. The van der Waals surface area contributed by atoms with E-state index in [-0.39, 0.29) is 0 Å². The van der Waals surface area contributed by atoms with Crippen molar-refractivity contribution in [2.24, 2.45) is 0 Å². The fourth-order valence-corrected chi connectivity index (χ4v) is 1.29. The van der Waals surface area contributed by atoms with Crippen molar-refractivity contribution in [1.29, 1.82) is 0 Å². The van der Waals surface area contributed by atoms with E-state index in [1.807, 2.05) is 52.8 Å². The Bertz CT molecular complexity index is 252. The van der Waals surface area contributed by atoms with Gasteiger partial charge in [0.1, 0.15) is 5.75 Å². The van der Waals surface area contributed by atoms with E-state index in [4.69, 9.17) is 4.18 Å². The van der Waals surface area contributed by atoms with Crippen LogP contribution >= 0.6 is 0 Å². The second kappa shape index (κ2) is 14.1. The molecule has 1 aromatic rings. The average molecular weight is 245 g/mol. The van der Waals surface area contributed by atoms with Crippen LogP contribution in [0.5, 0.6) is 5.75 Å². The lowest BCUT2D eigenvalue weighted by Crippen LogP contribution is -2.20. The van der Waals surface area contributed by atoms with Gasteiger partial charge in [-0.15, -0.1) is 0 Å². The van der Waals surface area contributed by atoms with E-state index < -0.39 is 11.3 Å². The standard InChI is InChI=1S/C8H11NO2S.2C2H6/c1-2-9-12(10)11-8-6-4-3-5-7-8;2*1-2/h3-7,9H,2H2,1H3;2*1-2H3. The second-order valence-corrected chi connectivity index (χ2v) is 3.05. The molecule has 1 rings (SSSR count). The second-order valence-electron chi connectivity index (χ2n) is 2.13. The summed E-state index contributed by atoms with van der Waals surface area (Å²) in [5, 5.41) is 0. The minimum Gasteiger partial charge on any atom is -0.389 e. The van der Waals surface area contributed by atoms with Gasteiger partial charge in [0.05, 0.1) is 0 Å². The molecule has 1 N–H and O–H groups in total. The molecule has 0 aliphatic rings. The van der Waals surface area contributed by atoms with Crippen LogP contribution in [0, 0.1) is 0 Å². The van der Waals surface area contributed by atoms with Crippen LogP contribution < -0.4 is 8.91 Å². The predicted octanol–water partition coefficient (Wildman–Crippen LogP) is 3.31. The molecule has 3 nitrogen and oxygen atoms in total. The van der Waals surface area contributed by atoms with Crippen LogP contribution in [0.15, 0.2) is 30.3 Å². The summed E-state index contributed by atoms with van der Waals surface area (Å²) in [5.41, 5.74) is 0. The number of rotatable bonds is 4. The molecule has 1 unspecified atom stereocenters. The summed E-state index contributed by atoms with van der Waals surface area (Å²) in [5.74, 6) is 0.608. The molecule has 4 heteroatoms. The first-order valence-electron chi connectivity index (χ1n) is 5.71. The number of hydrogen-bond donors (Lipinski definition) is 1. The van der Waals surface area contributed by atoms with Gasteiger partial charge in [-0.3, -0.25) is 0 Å². The van der Waals surface area contributed by atoms with Gasteiger partial charge in [0.25, 0.3) is 11.3 Å². The van der Waals surface area contributed by atoms with Crippen LogP contribution in [0.4, 0.5) is 0 Å². The molecule has 0 saturated heterocycles. The Morgan fingerprint density at radius 2 is 1.62 bits per heavy atom. The molecule has 0 saturated carbocycles. The molecule has 1 aromatic carbocycles. The monoisotopic (exact) mass is 245 g/mol. The maximum absolute atomic E-state index is 11.0. The normalized spacial score (nSPS) is 10.1. The van der Waals surface area contributed by atoms with Crippen LogP contribution in [0.3, 0.4) is 0 Å². The first-order valence-corrected chi connectivity index (χ1v) is 6.79. The van der Waals surface area contributed by atoms with E-state index in [1.165, 1.54) is 0 Å². The van der Waals surface area contributed by atoms with Crippen LogP contribution in [0.1, 0.15) is 34.6 Å². The summed E-state index contributed by atoms with van der Waals surface area (Å²) >= 11 is -1.42. The molecule has 0 fully saturated rings. The van der Waals surface area contributed by atoms with Gasteiger partial charge in [-0.05, 0) is 12.1 Å². The highest BCUT2D eigenvalue weighted by atomic mass is 32.2. The lowest BCUT2D eigenvalue weighted by molar-refractivity contribution is 0.550. The quantitative estimate of drug-likeness (QED) is 0.884. The summed E-state index contributed by atoms with van der Waals surface area (Å²) in [6, 6.07) is 9.06. The molecule has 0 bridgehead atoms. The third-order valence-electron chi connectivity index (χ3n) is 1.18. The lowest BCUT2D eigenvalue weighted by Gasteiger charge is -2.02. The number of benzene rings is 1. The van der Waals surface area contributed by atoms with Crippen molar-refractivity contribution >= 4 is 11.3 Å². The molecule has 0 spiro atoms. The van der Waals surface area contributed by atoms with Gasteiger partial charge in [0, 0.05) is 6.54 Å². The van der Waals surface area contributed by atoms with E-state index in [1.54, 1.807) is 12.1 Å². The van der Waals surface area contributed by atoms with Gasteiger partial charge in [-0.2, -0.15) is 4.21 Å². The highest BCUT2D eigenvalue weighted by Crippen LogP contribution is 2.08. The molecule has 0 aromatic heterocycles. The van der Waals surface area contributed by atoms with Gasteiger partial charge < -0.3 is 4.18 Å².